The third kappa shape index (κ3) is 5.36. The van der Waals surface area contributed by atoms with Crippen LogP contribution in [-0.4, -0.2) is 64.6 Å². The van der Waals surface area contributed by atoms with E-state index in [2.05, 4.69) is 43.7 Å². The van der Waals surface area contributed by atoms with Gasteiger partial charge in [-0.25, -0.2) is 0 Å². The molecule has 0 amide bonds. The molecule has 0 bridgehead atoms. The zero-order valence-corrected chi connectivity index (χ0v) is 22.0. The predicted octanol–water partition coefficient (Wildman–Crippen LogP) is 5.92. The van der Waals surface area contributed by atoms with Crippen LogP contribution in [0.2, 0.25) is 28.2 Å². The van der Waals surface area contributed by atoms with Crippen LogP contribution in [0.15, 0.2) is 12.1 Å². The minimum Gasteiger partial charge on any atom is -0.496 e. The van der Waals surface area contributed by atoms with Crippen molar-refractivity contribution >= 4 is 31.5 Å². The molecule has 0 atom stereocenters. The van der Waals surface area contributed by atoms with E-state index in [4.69, 9.17) is 32.4 Å². The van der Waals surface area contributed by atoms with Crippen LogP contribution in [0.25, 0.3) is 0 Å². The van der Waals surface area contributed by atoms with Gasteiger partial charge in [-0.05, 0) is 61.6 Å². The van der Waals surface area contributed by atoms with Crippen LogP contribution >= 0.6 is 23.2 Å². The van der Waals surface area contributed by atoms with Gasteiger partial charge in [0.15, 0.2) is 8.32 Å². The Kier molecular flexibility index (Phi) is 7.53. The zero-order valence-electron chi connectivity index (χ0n) is 19.5. The average Bonchev–Trinajstić information content (AvgIpc) is 2.64. The van der Waals surface area contributed by atoms with Crippen LogP contribution in [0.5, 0.6) is 5.75 Å². The molecule has 2 fully saturated rings. The van der Waals surface area contributed by atoms with E-state index in [0.717, 1.165) is 44.1 Å². The van der Waals surface area contributed by atoms with E-state index < -0.39 is 8.32 Å². The summed E-state index contributed by atoms with van der Waals surface area (Å²) in [5.74, 6) is 0.821. The van der Waals surface area contributed by atoms with E-state index in [1.807, 2.05) is 6.07 Å². The second-order valence-corrected chi connectivity index (χ2v) is 16.2. The molecule has 0 aromatic heterocycles. The summed E-state index contributed by atoms with van der Waals surface area (Å²) in [7, 11) is 0.0455. The molecular weight excluding hydrogens is 435 g/mol. The molecule has 1 spiro atoms. The Bertz CT molecular complexity index is 735. The van der Waals surface area contributed by atoms with Crippen LogP contribution in [0.4, 0.5) is 0 Å². The van der Waals surface area contributed by atoms with Gasteiger partial charge in [-0.2, -0.15) is 0 Å². The molecule has 2 heterocycles. The SMILES string of the molecule is COc1ccc(Cl)c(Cl)c1CN1CC2(CCN(CCO[Si](C)(C)C(C)(C)C)CC2)C1. The van der Waals surface area contributed by atoms with Gasteiger partial charge in [0.1, 0.15) is 5.75 Å². The quantitative estimate of drug-likeness (QED) is 0.459. The molecule has 30 heavy (non-hydrogen) atoms. The van der Waals surface area contributed by atoms with Crippen LogP contribution in [0.1, 0.15) is 39.2 Å². The van der Waals surface area contributed by atoms with E-state index in [9.17, 15) is 0 Å². The molecule has 0 unspecified atom stereocenters. The van der Waals surface area contributed by atoms with Gasteiger partial charge in [-0.1, -0.05) is 44.0 Å². The fourth-order valence-corrected chi connectivity index (χ4v) is 5.79. The Morgan fingerprint density at radius 3 is 2.27 bits per heavy atom. The van der Waals surface area contributed by atoms with Crippen molar-refractivity contribution in [1.82, 2.24) is 9.80 Å². The molecule has 170 valence electrons. The highest BCUT2D eigenvalue weighted by molar-refractivity contribution is 6.74. The smallest absolute Gasteiger partial charge is 0.192 e. The van der Waals surface area contributed by atoms with Crippen LogP contribution in [0, 0.1) is 5.41 Å². The second kappa shape index (κ2) is 9.28. The lowest BCUT2D eigenvalue weighted by atomic mass is 9.72. The Hall–Kier alpha value is -0.303. The monoisotopic (exact) mass is 472 g/mol. The van der Waals surface area contributed by atoms with Gasteiger partial charge in [0, 0.05) is 38.3 Å². The normalized spacial score (nSPS) is 20.4. The lowest BCUT2D eigenvalue weighted by molar-refractivity contribution is -0.0526. The number of ether oxygens (including phenoxy) is 1. The first-order chi connectivity index (χ1) is 14.0. The van der Waals surface area contributed by atoms with Gasteiger partial charge < -0.3 is 14.1 Å². The molecule has 0 radical (unpaired) electrons. The van der Waals surface area contributed by atoms with Crippen molar-refractivity contribution in [2.75, 3.05) is 46.4 Å². The van der Waals surface area contributed by atoms with Gasteiger partial charge in [0.05, 0.1) is 17.2 Å². The number of piperidine rings is 1. The molecule has 7 heteroatoms. The first kappa shape index (κ1) is 24.3. The molecule has 0 saturated carbocycles. The predicted molar refractivity (Wildman–Crippen MR) is 130 cm³/mol. The summed E-state index contributed by atoms with van der Waals surface area (Å²) < 4.78 is 11.9. The van der Waals surface area contributed by atoms with Gasteiger partial charge in [-0.3, -0.25) is 4.90 Å². The van der Waals surface area contributed by atoms with E-state index in [-0.39, 0.29) is 5.04 Å². The maximum atomic E-state index is 6.45. The summed E-state index contributed by atoms with van der Waals surface area (Å²) in [6.07, 6.45) is 2.54. The van der Waals surface area contributed by atoms with Crippen molar-refractivity contribution in [3.05, 3.63) is 27.7 Å². The zero-order chi connectivity index (χ0) is 22.2. The summed E-state index contributed by atoms with van der Waals surface area (Å²) >= 11 is 12.7. The van der Waals surface area contributed by atoms with Crippen LogP contribution < -0.4 is 4.74 Å². The molecule has 0 aliphatic carbocycles. The number of hydrogen-bond acceptors (Lipinski definition) is 4. The fourth-order valence-electron chi connectivity index (χ4n) is 4.36. The first-order valence-corrected chi connectivity index (χ1v) is 14.7. The number of hydrogen-bond donors (Lipinski definition) is 0. The highest BCUT2D eigenvalue weighted by Gasteiger charge is 2.45. The topological polar surface area (TPSA) is 24.9 Å². The van der Waals surface area contributed by atoms with Crippen molar-refractivity contribution < 1.29 is 9.16 Å². The summed E-state index contributed by atoms with van der Waals surface area (Å²) in [5, 5.41) is 1.49. The lowest BCUT2D eigenvalue weighted by Crippen LogP contribution is -2.60. The Labute approximate surface area is 193 Å². The van der Waals surface area contributed by atoms with Crippen molar-refractivity contribution in [2.45, 2.75) is 58.3 Å². The average molecular weight is 474 g/mol. The van der Waals surface area contributed by atoms with E-state index in [1.54, 1.807) is 13.2 Å². The minimum absolute atomic E-state index is 0.281. The summed E-state index contributed by atoms with van der Waals surface area (Å²) in [6.45, 7) is 18.9. The van der Waals surface area contributed by atoms with Gasteiger partial charge in [-0.15, -0.1) is 0 Å². The molecule has 1 aromatic rings. The minimum atomic E-state index is -1.64. The molecular formula is C23H38Cl2N2O2Si. The summed E-state index contributed by atoms with van der Waals surface area (Å²) in [4.78, 5) is 5.05. The second-order valence-electron chi connectivity index (χ2n) is 10.6. The van der Waals surface area contributed by atoms with Crippen molar-refractivity contribution in [2.24, 2.45) is 5.41 Å². The summed E-state index contributed by atoms with van der Waals surface area (Å²) in [5.41, 5.74) is 1.47. The maximum Gasteiger partial charge on any atom is 0.192 e. The van der Waals surface area contributed by atoms with Crippen LogP contribution in [-0.2, 0) is 11.0 Å². The molecule has 1 aromatic carbocycles. The summed E-state index contributed by atoms with van der Waals surface area (Å²) in [6, 6.07) is 3.71. The third-order valence-electron chi connectivity index (χ3n) is 7.47. The van der Waals surface area contributed by atoms with Crippen molar-refractivity contribution in [3.63, 3.8) is 0 Å². The maximum absolute atomic E-state index is 6.45. The van der Waals surface area contributed by atoms with Gasteiger partial charge in [0.25, 0.3) is 0 Å². The molecule has 2 aliphatic heterocycles. The number of methoxy groups -OCH3 is 1. The highest BCUT2D eigenvalue weighted by Crippen LogP contribution is 2.43. The third-order valence-corrected chi connectivity index (χ3v) is 12.8. The first-order valence-electron chi connectivity index (χ1n) is 11.1. The van der Waals surface area contributed by atoms with E-state index in [1.165, 1.54) is 25.9 Å². The van der Waals surface area contributed by atoms with Gasteiger partial charge in [0.2, 0.25) is 0 Å². The number of benzene rings is 1. The molecule has 0 N–H and O–H groups in total. The highest BCUT2D eigenvalue weighted by atomic mass is 35.5. The molecule has 4 nitrogen and oxygen atoms in total. The largest absolute Gasteiger partial charge is 0.496 e. The van der Waals surface area contributed by atoms with Crippen molar-refractivity contribution in [3.8, 4) is 5.75 Å². The lowest BCUT2D eigenvalue weighted by Gasteiger charge is -2.54. The Morgan fingerprint density at radius 1 is 1.07 bits per heavy atom. The number of rotatable bonds is 7. The van der Waals surface area contributed by atoms with E-state index in [0.29, 0.717) is 15.5 Å². The molecule has 2 aliphatic rings. The Morgan fingerprint density at radius 2 is 1.70 bits per heavy atom. The Balaban J connectivity index is 1.44. The van der Waals surface area contributed by atoms with Crippen LogP contribution in [0.3, 0.4) is 0 Å². The van der Waals surface area contributed by atoms with Crippen molar-refractivity contribution in [1.29, 1.82) is 0 Å². The van der Waals surface area contributed by atoms with Gasteiger partial charge >= 0.3 is 0 Å². The molecule has 2 saturated heterocycles. The van der Waals surface area contributed by atoms with E-state index >= 15 is 0 Å². The number of halogens is 2. The fraction of sp³-hybridized carbons (Fsp3) is 0.739. The number of likely N-dealkylation sites (tertiary alicyclic amines) is 2. The standard InChI is InChI=1S/C23H38Cl2N2O2Si/c1-22(2,3)30(5,6)29-14-13-26-11-9-23(10-12-26)16-27(17-23)15-18-20(28-4)8-7-19(24)21(18)25/h7-8H,9-17H2,1-6H3. The molecule has 3 rings (SSSR count). The number of nitrogens with zero attached hydrogens (tertiary/aromatic N) is 2.